The van der Waals surface area contributed by atoms with Crippen LogP contribution in [0.2, 0.25) is 10.0 Å². The molecule has 9 heteroatoms. The number of carbonyl (C=O) groups excluding carboxylic acids is 1. The molecular formula is C23H22Cl2N4O3. The number of nitrogens with zero attached hydrogens (tertiary/aromatic N) is 3. The molecule has 0 bridgehead atoms. The number of aromatic nitrogens is 2. The van der Waals surface area contributed by atoms with Crippen LogP contribution in [0, 0.1) is 0 Å². The van der Waals surface area contributed by atoms with Gasteiger partial charge in [-0.1, -0.05) is 29.8 Å². The Morgan fingerprint density at radius 3 is 2.84 bits per heavy atom. The molecule has 1 fully saturated rings. The maximum absolute atomic E-state index is 12.0. The zero-order chi connectivity index (χ0) is 22.7. The van der Waals surface area contributed by atoms with Gasteiger partial charge in [-0.05, 0) is 43.2 Å². The molecule has 2 aromatic carbocycles. The van der Waals surface area contributed by atoms with E-state index in [1.165, 1.54) is 12.4 Å². The summed E-state index contributed by atoms with van der Waals surface area (Å²) in [7, 11) is 1.58. The van der Waals surface area contributed by atoms with Crippen molar-refractivity contribution in [3.05, 3.63) is 59.4 Å². The van der Waals surface area contributed by atoms with Crippen molar-refractivity contribution < 1.29 is 14.3 Å². The van der Waals surface area contributed by atoms with Gasteiger partial charge in [-0.25, -0.2) is 9.97 Å². The minimum Gasteiger partial charge on any atom is -0.493 e. The van der Waals surface area contributed by atoms with Crippen molar-refractivity contribution in [3.8, 4) is 11.5 Å². The number of hydrogen-bond donors (Lipinski definition) is 1. The van der Waals surface area contributed by atoms with Gasteiger partial charge in [0.1, 0.15) is 18.2 Å². The first-order valence-corrected chi connectivity index (χ1v) is 10.9. The molecule has 1 N–H and O–H groups in total. The second-order valence-electron chi connectivity index (χ2n) is 7.36. The highest BCUT2D eigenvalue weighted by molar-refractivity contribution is 6.36. The van der Waals surface area contributed by atoms with Gasteiger partial charge >= 0.3 is 0 Å². The predicted molar refractivity (Wildman–Crippen MR) is 126 cm³/mol. The first-order valence-electron chi connectivity index (χ1n) is 10.1. The zero-order valence-electron chi connectivity index (χ0n) is 17.5. The van der Waals surface area contributed by atoms with Crippen molar-refractivity contribution in [2.45, 2.75) is 18.9 Å². The van der Waals surface area contributed by atoms with Crippen LogP contribution in [0.4, 0.5) is 11.5 Å². The average Bonchev–Trinajstić information content (AvgIpc) is 2.80. The maximum atomic E-state index is 12.0. The molecule has 1 atom stereocenters. The van der Waals surface area contributed by atoms with Gasteiger partial charge in [-0.3, -0.25) is 4.79 Å². The highest BCUT2D eigenvalue weighted by Gasteiger charge is 2.25. The molecule has 4 rings (SSSR count). The summed E-state index contributed by atoms with van der Waals surface area (Å²) < 4.78 is 11.8. The summed E-state index contributed by atoms with van der Waals surface area (Å²) in [5, 5.41) is 5.00. The molecule has 1 aromatic heterocycles. The molecule has 0 saturated carbocycles. The molecular weight excluding hydrogens is 451 g/mol. The lowest BCUT2D eigenvalue weighted by Gasteiger charge is -2.32. The van der Waals surface area contributed by atoms with Crippen LogP contribution in [0.1, 0.15) is 12.8 Å². The third-order valence-electron chi connectivity index (χ3n) is 5.26. The van der Waals surface area contributed by atoms with E-state index in [9.17, 15) is 4.79 Å². The molecule has 1 unspecified atom stereocenters. The molecule has 1 aliphatic rings. The Morgan fingerprint density at radius 2 is 2.09 bits per heavy atom. The number of ether oxygens (including phenoxy) is 2. The number of piperidine rings is 1. The number of halogens is 2. The van der Waals surface area contributed by atoms with E-state index in [4.69, 9.17) is 32.7 Å². The molecule has 166 valence electrons. The molecule has 0 radical (unpaired) electrons. The lowest BCUT2D eigenvalue weighted by atomic mass is 10.1. The van der Waals surface area contributed by atoms with Crippen LogP contribution in [0.5, 0.6) is 11.5 Å². The van der Waals surface area contributed by atoms with Crippen LogP contribution in [0.25, 0.3) is 10.9 Å². The molecule has 1 amide bonds. The van der Waals surface area contributed by atoms with Crippen molar-refractivity contribution in [3.63, 3.8) is 0 Å². The summed E-state index contributed by atoms with van der Waals surface area (Å²) in [4.78, 5) is 22.5. The van der Waals surface area contributed by atoms with Crippen LogP contribution in [-0.4, -0.2) is 47.1 Å². The summed E-state index contributed by atoms with van der Waals surface area (Å²) in [6, 6.07) is 8.83. The van der Waals surface area contributed by atoms with E-state index < -0.39 is 0 Å². The van der Waals surface area contributed by atoms with Gasteiger partial charge in [0.2, 0.25) is 5.91 Å². The van der Waals surface area contributed by atoms with E-state index in [1.807, 2.05) is 6.07 Å². The average molecular weight is 473 g/mol. The van der Waals surface area contributed by atoms with Crippen molar-refractivity contribution in [2.75, 3.05) is 25.5 Å². The van der Waals surface area contributed by atoms with Gasteiger partial charge in [0.15, 0.2) is 11.5 Å². The number of nitrogens with one attached hydrogen (secondary N) is 1. The highest BCUT2D eigenvalue weighted by atomic mass is 35.5. The Bertz CT molecular complexity index is 1170. The maximum Gasteiger partial charge on any atom is 0.246 e. The Labute approximate surface area is 196 Å². The van der Waals surface area contributed by atoms with Crippen LogP contribution >= 0.6 is 23.2 Å². The van der Waals surface area contributed by atoms with Crippen LogP contribution in [0.3, 0.4) is 0 Å². The monoisotopic (exact) mass is 472 g/mol. The second-order valence-corrected chi connectivity index (χ2v) is 8.21. The minimum absolute atomic E-state index is 0.0940. The molecule has 1 saturated heterocycles. The first-order chi connectivity index (χ1) is 15.5. The Balaban J connectivity index is 1.66. The van der Waals surface area contributed by atoms with Crippen molar-refractivity contribution in [2.24, 2.45) is 0 Å². The van der Waals surface area contributed by atoms with Gasteiger partial charge in [-0.15, -0.1) is 0 Å². The summed E-state index contributed by atoms with van der Waals surface area (Å²) >= 11 is 12.3. The van der Waals surface area contributed by atoms with Crippen molar-refractivity contribution >= 4 is 51.5 Å². The minimum atomic E-state index is -0.161. The van der Waals surface area contributed by atoms with E-state index in [0.29, 0.717) is 51.7 Å². The van der Waals surface area contributed by atoms with Crippen LogP contribution < -0.4 is 14.8 Å². The SMILES string of the molecule is C=CC(=O)N1CCCC(Oc2cc3c(Nc4ccc(Cl)cc4Cl)ncnc3cc2OC)C1. The number of fused-ring (bicyclic) bond motifs is 1. The van der Waals surface area contributed by atoms with E-state index in [1.54, 1.807) is 36.3 Å². The quantitative estimate of drug-likeness (QED) is 0.494. The predicted octanol–water partition coefficient (Wildman–Crippen LogP) is 5.24. The van der Waals surface area contributed by atoms with Gasteiger partial charge in [-0.2, -0.15) is 0 Å². The van der Waals surface area contributed by atoms with E-state index in [2.05, 4.69) is 21.9 Å². The van der Waals surface area contributed by atoms with Gasteiger partial charge in [0.05, 0.1) is 29.9 Å². The van der Waals surface area contributed by atoms with E-state index in [-0.39, 0.29) is 12.0 Å². The summed E-state index contributed by atoms with van der Waals surface area (Å²) in [5.74, 6) is 1.58. The van der Waals surface area contributed by atoms with Crippen molar-refractivity contribution in [1.29, 1.82) is 0 Å². The summed E-state index contributed by atoms with van der Waals surface area (Å²) in [5.41, 5.74) is 1.35. The Hall–Kier alpha value is -3.03. The highest BCUT2D eigenvalue weighted by Crippen LogP contribution is 2.37. The number of amides is 1. The topological polar surface area (TPSA) is 76.6 Å². The lowest BCUT2D eigenvalue weighted by Crippen LogP contribution is -2.43. The lowest BCUT2D eigenvalue weighted by molar-refractivity contribution is -0.128. The number of likely N-dealkylation sites (tertiary alicyclic amines) is 1. The smallest absolute Gasteiger partial charge is 0.246 e. The molecule has 0 spiro atoms. The molecule has 32 heavy (non-hydrogen) atoms. The number of hydrogen-bond acceptors (Lipinski definition) is 6. The fourth-order valence-electron chi connectivity index (χ4n) is 3.68. The van der Waals surface area contributed by atoms with E-state index in [0.717, 1.165) is 18.2 Å². The van der Waals surface area contributed by atoms with Gasteiger partial charge in [0.25, 0.3) is 0 Å². The number of carbonyl (C=O) groups is 1. The number of benzene rings is 2. The van der Waals surface area contributed by atoms with Crippen LogP contribution in [0.15, 0.2) is 49.3 Å². The molecule has 0 aliphatic carbocycles. The summed E-state index contributed by atoms with van der Waals surface area (Å²) in [6.45, 7) is 4.76. The van der Waals surface area contributed by atoms with Gasteiger partial charge < -0.3 is 19.7 Å². The molecule has 3 aromatic rings. The number of rotatable bonds is 6. The molecule has 2 heterocycles. The van der Waals surface area contributed by atoms with Crippen molar-refractivity contribution in [1.82, 2.24) is 14.9 Å². The Kier molecular flexibility index (Phi) is 6.67. The largest absolute Gasteiger partial charge is 0.493 e. The fourth-order valence-corrected chi connectivity index (χ4v) is 4.13. The third-order valence-corrected chi connectivity index (χ3v) is 5.81. The Morgan fingerprint density at radius 1 is 1.25 bits per heavy atom. The first kappa shape index (κ1) is 22.2. The summed E-state index contributed by atoms with van der Waals surface area (Å²) in [6.07, 6.45) is 4.32. The van der Waals surface area contributed by atoms with Crippen LogP contribution in [-0.2, 0) is 4.79 Å². The van der Waals surface area contributed by atoms with Gasteiger partial charge in [0, 0.05) is 23.0 Å². The number of anilines is 2. The second kappa shape index (κ2) is 9.63. The molecule has 1 aliphatic heterocycles. The standard InChI is InChI=1S/C23H22Cl2N4O3/c1-3-22(30)29-8-4-5-15(12-29)32-21-10-16-19(11-20(21)31-2)26-13-27-23(16)28-18-7-6-14(24)9-17(18)25/h3,6-7,9-11,13,15H,1,4-5,8,12H2,2H3,(H,26,27,28). The molecule has 7 nitrogen and oxygen atoms in total. The number of methoxy groups -OCH3 is 1. The van der Waals surface area contributed by atoms with E-state index >= 15 is 0 Å². The fraction of sp³-hybridized carbons (Fsp3) is 0.261. The third kappa shape index (κ3) is 4.74. The normalized spacial score (nSPS) is 16.0. The zero-order valence-corrected chi connectivity index (χ0v) is 19.0.